The van der Waals surface area contributed by atoms with E-state index in [4.69, 9.17) is 118 Å². The van der Waals surface area contributed by atoms with Gasteiger partial charge in [-0.2, -0.15) is 0 Å². The van der Waals surface area contributed by atoms with Crippen LogP contribution in [-0.2, 0) is 118 Å². The number of aliphatic hydroxyl groups excluding tert-OH is 5. The zero-order chi connectivity index (χ0) is 96.2. The summed E-state index contributed by atoms with van der Waals surface area (Å²) in [5.41, 5.74) is 0. The largest absolute Gasteiger partial charge is 0.414 e. The van der Waals surface area contributed by atoms with Crippen LogP contribution in [-0.4, -0.2) is 337 Å². The maximum atomic E-state index is 12.4. The van der Waals surface area contributed by atoms with Gasteiger partial charge in [-0.15, -0.1) is 0 Å². The van der Waals surface area contributed by atoms with Crippen molar-refractivity contribution >= 4 is 8.32 Å². The molecule has 786 valence electrons. The Morgan fingerprint density at radius 1 is 0.195 bits per heavy atom. The number of hydrogen-bond acceptors (Lipinski definition) is 30. The molecule has 0 aromatic rings. The van der Waals surface area contributed by atoms with Gasteiger partial charge in [-0.3, -0.25) is 0 Å². The molecule has 30 unspecified atom stereocenters. The molecule has 0 saturated carbocycles. The predicted molar refractivity (Wildman–Crippen MR) is 511 cm³/mol. The van der Waals surface area contributed by atoms with E-state index in [9.17, 15) is 25.5 Å². The fourth-order valence-electron chi connectivity index (χ4n) is 18.3. The Balaban J connectivity index is 1.61. The molecule has 0 aliphatic carbocycles. The molecule has 0 aromatic heterocycles. The topological polar surface area (TPSA) is 332 Å². The molecule has 22 heterocycles. The third kappa shape index (κ3) is 37.9. The fraction of sp³-hybridized carbons (Fsp3) is 1.00. The summed E-state index contributed by atoms with van der Waals surface area (Å²) in [4.78, 5) is 0. The second kappa shape index (κ2) is 68.3. The van der Waals surface area contributed by atoms with Crippen molar-refractivity contribution in [2.45, 2.75) is 537 Å². The van der Waals surface area contributed by atoms with Crippen LogP contribution in [0.1, 0.15) is 335 Å². The Morgan fingerprint density at radius 3 is 0.466 bits per heavy atom. The first-order valence-corrected chi connectivity index (χ1v) is 56.6. The summed E-state index contributed by atoms with van der Waals surface area (Å²) in [5.74, 6) is 0. The predicted octanol–water partition coefficient (Wildman–Crippen LogP) is 16.5. The molecular weight excluding hydrogens is 1730 g/mol. The Bertz CT molecular complexity index is 2770. The lowest BCUT2D eigenvalue weighted by atomic mass is 9.94. The van der Waals surface area contributed by atoms with Crippen LogP contribution in [0, 0.1) is 0 Å². The smallest absolute Gasteiger partial charge is 0.192 e. The van der Waals surface area contributed by atoms with Crippen molar-refractivity contribution in [1.82, 2.24) is 0 Å². The number of unbranched alkanes of at least 4 members (excludes halogenated alkanes) is 24. The van der Waals surface area contributed by atoms with Crippen molar-refractivity contribution < 1.29 is 144 Å². The van der Waals surface area contributed by atoms with Gasteiger partial charge in [0.25, 0.3) is 0 Å². The molecule has 31 heteroatoms. The Kier molecular flexibility index (Phi) is 61.1. The van der Waals surface area contributed by atoms with Crippen LogP contribution in [0.5, 0.6) is 0 Å². The van der Waals surface area contributed by atoms with Crippen LogP contribution < -0.4 is 0 Å². The SMILES string of the molecule is CCCCCOC1C2OC(CO)C(OC3OC(CO)C(OC4OC(CO)C(OC5OC(CO[Si](C)(C)C(C)(C)C)C(OC6OC(CO)C(OC7OC(CO)C(O2)C(OCCCCC)C7OCCCCC)C(OCCCCC)C6OCCCCC)C(OCCCCC)C5OCCCCC)C(OCCCCC)C4OCCCCC)C(OCCCCC)C3OCCCCC)C1OCCCCC. The van der Waals surface area contributed by atoms with Crippen molar-refractivity contribution in [3.63, 3.8) is 0 Å². The molecule has 12 bridgehead atoms. The van der Waals surface area contributed by atoms with Crippen LogP contribution in [0.15, 0.2) is 0 Å². The maximum absolute atomic E-state index is 12.4. The van der Waals surface area contributed by atoms with E-state index in [0.717, 1.165) is 154 Å². The first kappa shape index (κ1) is 119. The van der Waals surface area contributed by atoms with Gasteiger partial charge < -0.3 is 144 Å². The van der Waals surface area contributed by atoms with E-state index >= 15 is 0 Å². The molecule has 22 aliphatic heterocycles. The van der Waals surface area contributed by atoms with Gasteiger partial charge in [0.05, 0.1) is 39.6 Å². The minimum atomic E-state index is -2.70. The van der Waals surface area contributed by atoms with Gasteiger partial charge in [-0.05, 0) is 95.2 Å². The lowest BCUT2D eigenvalue weighted by Crippen LogP contribution is -2.70. The molecule has 0 amide bonds. The van der Waals surface area contributed by atoms with Crippen molar-refractivity contribution in [3.05, 3.63) is 0 Å². The summed E-state index contributed by atoms with van der Waals surface area (Å²) >= 11 is 0. The maximum Gasteiger partial charge on any atom is 0.192 e. The molecule has 0 spiro atoms. The van der Waals surface area contributed by atoms with Crippen molar-refractivity contribution in [3.8, 4) is 0 Å². The Labute approximate surface area is 804 Å². The Hall–Kier alpha value is -0.983. The van der Waals surface area contributed by atoms with Crippen LogP contribution in [0.25, 0.3) is 0 Å². The summed E-state index contributed by atoms with van der Waals surface area (Å²) in [6, 6.07) is 0. The number of hydrogen-bond donors (Lipinski definition) is 5. The minimum Gasteiger partial charge on any atom is -0.414 e. The minimum absolute atomic E-state index is 0.0150. The second-order valence-electron chi connectivity index (χ2n) is 39.4. The molecule has 22 rings (SSSR count). The molecule has 5 N–H and O–H groups in total. The molecule has 0 radical (unpaired) electrons. The van der Waals surface area contributed by atoms with E-state index in [1.54, 1.807) is 0 Å². The zero-order valence-electron chi connectivity index (χ0n) is 85.9. The standard InChI is InChI=1S/C102H194O30Si/c1-18-30-42-54-108-84-78-72(66-103)121-96(90(84)114-60-48-36-24-7)128-79-73(67-104)123-98(92(116-62-50-38-26-9)85(79)109-55-43-31-19-2)130-81-75(69-106)125-100(94(118-64-52-40-28-11)87(81)111-57-45-33-21-4)132-83-77(71-120-133(16,17)102(13,14)15)126-101(95(119-65-53-41-29-12)89(83)113-59-47-35-23-6)131-82-76(70-107)124-99(93(117-63-51-39-27-10)88(82)112-58-46-34-22-5)129-80-74(68-105)122-97(127-78)91(115-61-49-37-25-8)86(80)110-56-44-32-20-3/h72-101,103-107H,18-71H2,1-17H3. The summed E-state index contributed by atoms with van der Waals surface area (Å²) < 4.78 is 185. The zero-order valence-corrected chi connectivity index (χ0v) is 86.9. The normalized spacial score (nSPS) is 33.8. The quantitative estimate of drug-likeness (QED) is 0.0279. The molecule has 30 nitrogen and oxygen atoms in total. The monoisotopic (exact) mass is 1930 g/mol. The van der Waals surface area contributed by atoms with Crippen LogP contribution in [0.3, 0.4) is 0 Å². The molecule has 30 atom stereocenters. The summed E-state index contributed by atoms with van der Waals surface area (Å²) in [6.07, 6.45) is -6.28. The van der Waals surface area contributed by atoms with Gasteiger partial charge in [0, 0.05) is 79.3 Å². The van der Waals surface area contributed by atoms with Crippen molar-refractivity contribution in [2.75, 3.05) is 119 Å². The third-order valence-corrected chi connectivity index (χ3v) is 31.8. The lowest BCUT2D eigenvalue weighted by molar-refractivity contribution is -0.414. The highest BCUT2D eigenvalue weighted by Crippen LogP contribution is 2.45. The van der Waals surface area contributed by atoms with Crippen LogP contribution in [0.2, 0.25) is 18.1 Å². The van der Waals surface area contributed by atoms with E-state index in [0.29, 0.717) is 77.0 Å². The number of rotatable bonds is 68. The Morgan fingerprint density at radius 2 is 0.331 bits per heavy atom. The summed E-state index contributed by atoms with van der Waals surface area (Å²) in [6.45, 7) is 36.7. The molecule has 22 aliphatic rings. The number of aliphatic hydroxyl groups is 5. The van der Waals surface area contributed by atoms with Gasteiger partial charge in [-0.1, -0.05) is 258 Å². The van der Waals surface area contributed by atoms with E-state index < -0.39 is 226 Å². The summed E-state index contributed by atoms with van der Waals surface area (Å²) in [5, 5.41) is 61.3. The van der Waals surface area contributed by atoms with E-state index in [2.05, 4.69) is 117 Å². The summed E-state index contributed by atoms with van der Waals surface area (Å²) in [7, 11) is -2.70. The first-order chi connectivity index (χ1) is 64.8. The van der Waals surface area contributed by atoms with Crippen molar-refractivity contribution in [2.24, 2.45) is 0 Å². The fourth-order valence-corrected chi connectivity index (χ4v) is 19.3. The highest BCUT2D eigenvalue weighted by Gasteiger charge is 2.63. The second-order valence-corrected chi connectivity index (χ2v) is 44.2. The van der Waals surface area contributed by atoms with Gasteiger partial charge in [-0.25, -0.2) is 0 Å². The molecule has 22 saturated heterocycles. The average Bonchev–Trinajstić information content (AvgIpc) is 0.755. The highest BCUT2D eigenvalue weighted by atomic mass is 28.4. The average molecular weight is 1930 g/mol. The number of ether oxygens (including phenoxy) is 24. The molecule has 22 fully saturated rings. The van der Waals surface area contributed by atoms with Crippen LogP contribution >= 0.6 is 0 Å². The molecular formula is C102H194O30Si. The lowest BCUT2D eigenvalue weighted by Gasteiger charge is -2.54. The van der Waals surface area contributed by atoms with Gasteiger partial charge >= 0.3 is 0 Å². The third-order valence-electron chi connectivity index (χ3n) is 27.3. The molecule has 133 heavy (non-hydrogen) atoms. The van der Waals surface area contributed by atoms with Gasteiger partial charge in [0.2, 0.25) is 0 Å². The molecule has 0 aromatic carbocycles. The van der Waals surface area contributed by atoms with E-state index in [-0.39, 0.29) is 90.9 Å². The highest BCUT2D eigenvalue weighted by molar-refractivity contribution is 6.74. The first-order valence-electron chi connectivity index (χ1n) is 53.7. The van der Waals surface area contributed by atoms with Crippen molar-refractivity contribution in [1.29, 1.82) is 0 Å². The van der Waals surface area contributed by atoms with Gasteiger partial charge in [0.1, 0.15) is 146 Å². The van der Waals surface area contributed by atoms with Crippen LogP contribution in [0.4, 0.5) is 0 Å². The van der Waals surface area contributed by atoms with Gasteiger partial charge in [0.15, 0.2) is 46.1 Å². The van der Waals surface area contributed by atoms with E-state index in [1.165, 1.54) is 0 Å². The van der Waals surface area contributed by atoms with E-state index in [1.807, 2.05) is 0 Å².